The molecule has 1 aliphatic rings. The maximum absolute atomic E-state index is 14.5. The van der Waals surface area contributed by atoms with E-state index in [9.17, 15) is 18.8 Å². The number of amides is 2. The number of anilines is 1. The Labute approximate surface area is 200 Å². The second-order valence-electron chi connectivity index (χ2n) is 8.02. The number of hydrogen-bond donors (Lipinski definition) is 4. The predicted molar refractivity (Wildman–Crippen MR) is 126 cm³/mol. The highest BCUT2D eigenvalue weighted by Gasteiger charge is 2.29. The van der Waals surface area contributed by atoms with E-state index in [-0.39, 0.29) is 24.6 Å². The highest BCUT2D eigenvalue weighted by Crippen LogP contribution is 2.44. The number of rotatable bonds is 8. The van der Waals surface area contributed by atoms with Crippen molar-refractivity contribution in [3.8, 4) is 11.1 Å². The molecule has 3 aromatic carbocycles. The predicted octanol–water partition coefficient (Wildman–Crippen LogP) is 3.75. The van der Waals surface area contributed by atoms with Gasteiger partial charge in [-0.1, -0.05) is 48.5 Å². The van der Waals surface area contributed by atoms with Crippen molar-refractivity contribution in [1.82, 2.24) is 5.32 Å². The van der Waals surface area contributed by atoms with Gasteiger partial charge < -0.3 is 20.3 Å². The van der Waals surface area contributed by atoms with Crippen LogP contribution in [0.3, 0.4) is 0 Å². The van der Waals surface area contributed by atoms with Gasteiger partial charge in [-0.2, -0.15) is 0 Å². The molecule has 0 radical (unpaired) electrons. The largest absolute Gasteiger partial charge is 0.480 e. The molecule has 3 aromatic rings. The van der Waals surface area contributed by atoms with Crippen molar-refractivity contribution in [2.45, 2.75) is 18.4 Å². The Morgan fingerprint density at radius 3 is 2.17 bits per heavy atom. The second kappa shape index (κ2) is 10.4. The van der Waals surface area contributed by atoms with Crippen molar-refractivity contribution in [3.05, 3.63) is 89.2 Å². The Hall–Kier alpha value is -4.24. The maximum Gasteiger partial charge on any atom is 0.411 e. The van der Waals surface area contributed by atoms with Crippen molar-refractivity contribution in [1.29, 1.82) is 0 Å². The van der Waals surface area contributed by atoms with Crippen LogP contribution in [0.4, 0.5) is 14.9 Å². The molecule has 35 heavy (non-hydrogen) atoms. The minimum Gasteiger partial charge on any atom is -0.480 e. The van der Waals surface area contributed by atoms with E-state index in [1.807, 2.05) is 48.5 Å². The summed E-state index contributed by atoms with van der Waals surface area (Å²) in [7, 11) is 0. The molecule has 1 aliphatic carbocycles. The summed E-state index contributed by atoms with van der Waals surface area (Å²) in [5.41, 5.74) is 3.98. The van der Waals surface area contributed by atoms with Gasteiger partial charge in [0.05, 0.1) is 5.56 Å². The van der Waals surface area contributed by atoms with Crippen LogP contribution in [0.25, 0.3) is 11.1 Å². The van der Waals surface area contributed by atoms with Crippen molar-refractivity contribution in [3.63, 3.8) is 0 Å². The van der Waals surface area contributed by atoms with Crippen LogP contribution in [0.15, 0.2) is 66.7 Å². The van der Waals surface area contributed by atoms with Crippen LogP contribution >= 0.6 is 0 Å². The van der Waals surface area contributed by atoms with Crippen LogP contribution < -0.4 is 10.6 Å². The molecule has 8 nitrogen and oxygen atoms in total. The van der Waals surface area contributed by atoms with Crippen LogP contribution in [-0.2, 0) is 9.53 Å². The lowest BCUT2D eigenvalue weighted by Crippen LogP contribution is -2.41. The van der Waals surface area contributed by atoms with Gasteiger partial charge in [-0.25, -0.2) is 14.0 Å². The van der Waals surface area contributed by atoms with Gasteiger partial charge >= 0.3 is 12.1 Å². The van der Waals surface area contributed by atoms with Gasteiger partial charge in [0.1, 0.15) is 18.5 Å². The lowest BCUT2D eigenvalue weighted by Gasteiger charge is -2.15. The number of aliphatic hydroxyl groups excluding tert-OH is 1. The number of carboxylic acid groups (broad SMARTS) is 1. The summed E-state index contributed by atoms with van der Waals surface area (Å²) in [5.74, 6) is -3.37. The molecule has 0 saturated carbocycles. The third-order valence-corrected chi connectivity index (χ3v) is 5.82. The molecule has 180 valence electrons. The third kappa shape index (κ3) is 5.15. The average molecular weight is 478 g/mol. The van der Waals surface area contributed by atoms with Gasteiger partial charge in [-0.15, -0.1) is 0 Å². The van der Waals surface area contributed by atoms with E-state index in [0.717, 1.165) is 34.4 Å². The lowest BCUT2D eigenvalue weighted by molar-refractivity contribution is -0.139. The number of benzene rings is 3. The van der Waals surface area contributed by atoms with Crippen LogP contribution in [0, 0.1) is 5.82 Å². The standard InChI is InChI=1S/C26H23FN2O6/c27-22-13-15(9-10-20(22)24(31)29-23(11-12-30)25(32)33)28-26(34)35-14-21-18-7-3-1-5-16(18)17-6-2-4-8-19(17)21/h1-10,13,21,23,30H,11-12,14H2,(H,28,34)(H,29,31)(H,32,33)/t23-/m0/s1. The number of carboxylic acids is 1. The maximum atomic E-state index is 14.5. The number of fused-ring (bicyclic) bond motifs is 3. The van der Waals surface area contributed by atoms with E-state index in [1.54, 1.807) is 0 Å². The molecule has 0 aliphatic heterocycles. The zero-order chi connectivity index (χ0) is 24.9. The first-order chi connectivity index (χ1) is 16.9. The van der Waals surface area contributed by atoms with E-state index in [2.05, 4.69) is 10.6 Å². The highest BCUT2D eigenvalue weighted by molar-refractivity contribution is 5.97. The highest BCUT2D eigenvalue weighted by atomic mass is 19.1. The van der Waals surface area contributed by atoms with Crippen LogP contribution in [-0.4, -0.2) is 47.4 Å². The Kier molecular flexibility index (Phi) is 7.07. The number of carbonyl (C=O) groups is 3. The van der Waals surface area contributed by atoms with Gasteiger partial charge in [0, 0.05) is 24.6 Å². The molecule has 0 spiro atoms. The van der Waals surface area contributed by atoms with Crippen LogP contribution in [0.2, 0.25) is 0 Å². The number of carbonyl (C=O) groups excluding carboxylic acids is 2. The summed E-state index contributed by atoms with van der Waals surface area (Å²) in [6.07, 6.45) is -0.998. The summed E-state index contributed by atoms with van der Waals surface area (Å²) in [5, 5.41) is 22.6. The normalized spacial score (nSPS) is 12.9. The monoisotopic (exact) mass is 478 g/mol. The van der Waals surface area contributed by atoms with Crippen LogP contribution in [0.5, 0.6) is 0 Å². The summed E-state index contributed by atoms with van der Waals surface area (Å²) in [6.45, 7) is -0.368. The molecular weight excluding hydrogens is 455 g/mol. The second-order valence-corrected chi connectivity index (χ2v) is 8.02. The number of ether oxygens (including phenoxy) is 1. The number of aliphatic carboxylic acids is 1. The van der Waals surface area contributed by atoms with Gasteiger partial charge in [-0.05, 0) is 40.5 Å². The molecule has 0 unspecified atom stereocenters. The summed E-state index contributed by atoms with van der Waals surface area (Å²) in [6, 6.07) is 17.8. The van der Waals surface area contributed by atoms with Crippen molar-refractivity contribution < 1.29 is 33.7 Å². The first-order valence-electron chi connectivity index (χ1n) is 10.9. The van der Waals surface area contributed by atoms with Crippen molar-refractivity contribution in [2.24, 2.45) is 0 Å². The topological polar surface area (TPSA) is 125 Å². The Balaban J connectivity index is 1.39. The fourth-order valence-corrected chi connectivity index (χ4v) is 4.15. The third-order valence-electron chi connectivity index (χ3n) is 5.82. The number of aliphatic hydroxyl groups is 1. The SMILES string of the molecule is O=C(Nc1ccc(C(=O)N[C@@H](CCO)C(=O)O)c(F)c1)OCC1c2ccccc2-c2ccccc21. The average Bonchev–Trinajstić information content (AvgIpc) is 3.16. The van der Waals surface area contributed by atoms with Crippen molar-refractivity contribution in [2.75, 3.05) is 18.5 Å². The molecule has 0 fully saturated rings. The zero-order valence-electron chi connectivity index (χ0n) is 18.5. The molecule has 0 bridgehead atoms. The van der Waals surface area contributed by atoms with E-state index < -0.39 is 42.0 Å². The quantitative estimate of drug-likeness (QED) is 0.391. The van der Waals surface area contributed by atoms with Gasteiger partial charge in [-0.3, -0.25) is 10.1 Å². The summed E-state index contributed by atoms with van der Waals surface area (Å²) >= 11 is 0. The Morgan fingerprint density at radius 2 is 1.60 bits per heavy atom. The van der Waals surface area contributed by atoms with E-state index in [4.69, 9.17) is 14.9 Å². The van der Waals surface area contributed by atoms with Gasteiger partial charge in [0.2, 0.25) is 0 Å². The molecule has 0 saturated heterocycles. The van der Waals surface area contributed by atoms with E-state index in [1.165, 1.54) is 6.07 Å². The lowest BCUT2D eigenvalue weighted by atomic mass is 9.98. The summed E-state index contributed by atoms with van der Waals surface area (Å²) in [4.78, 5) is 35.8. The first-order valence-corrected chi connectivity index (χ1v) is 10.9. The molecule has 9 heteroatoms. The molecule has 0 aromatic heterocycles. The molecule has 4 rings (SSSR count). The van der Waals surface area contributed by atoms with E-state index in [0.29, 0.717) is 0 Å². The van der Waals surface area contributed by atoms with Crippen LogP contribution in [0.1, 0.15) is 33.8 Å². The molecular formula is C26H23FN2O6. The number of hydrogen-bond acceptors (Lipinski definition) is 5. The van der Waals surface area contributed by atoms with Crippen molar-refractivity contribution >= 4 is 23.7 Å². The Bertz CT molecular complexity index is 1230. The number of nitrogens with one attached hydrogen (secondary N) is 2. The first kappa shape index (κ1) is 23.9. The minimum atomic E-state index is -1.36. The smallest absolute Gasteiger partial charge is 0.411 e. The molecule has 1 atom stereocenters. The zero-order valence-corrected chi connectivity index (χ0v) is 18.5. The van der Waals surface area contributed by atoms with E-state index >= 15 is 0 Å². The minimum absolute atomic E-state index is 0.0708. The fourth-order valence-electron chi connectivity index (χ4n) is 4.15. The summed E-state index contributed by atoms with van der Waals surface area (Å²) < 4.78 is 19.9. The van der Waals surface area contributed by atoms with Gasteiger partial charge in [0.15, 0.2) is 0 Å². The Morgan fingerprint density at radius 1 is 0.971 bits per heavy atom. The molecule has 4 N–H and O–H groups in total. The fraction of sp³-hybridized carbons (Fsp3) is 0.192. The van der Waals surface area contributed by atoms with Gasteiger partial charge in [0.25, 0.3) is 5.91 Å². The molecule has 2 amide bonds. The number of halogens is 1. The molecule has 0 heterocycles.